The molecule has 5 rings (SSSR count). The Morgan fingerprint density at radius 1 is 1.03 bits per heavy atom. The first-order valence-corrected chi connectivity index (χ1v) is 12.3. The predicted molar refractivity (Wildman–Crippen MR) is 140 cm³/mol. The van der Waals surface area contributed by atoms with Crippen LogP contribution >= 0.6 is 0 Å². The second kappa shape index (κ2) is 10.3. The van der Waals surface area contributed by atoms with Crippen molar-refractivity contribution in [3.05, 3.63) is 101 Å². The van der Waals surface area contributed by atoms with Crippen molar-refractivity contribution in [3.63, 3.8) is 0 Å². The van der Waals surface area contributed by atoms with Crippen molar-refractivity contribution < 1.29 is 27.9 Å². The fraction of sp³-hybridized carbons (Fsp3) is 0.207. The van der Waals surface area contributed by atoms with Gasteiger partial charge in [0.2, 0.25) is 0 Å². The minimum absolute atomic E-state index is 0.126. The van der Waals surface area contributed by atoms with Crippen LogP contribution < -0.4 is 10.6 Å². The van der Waals surface area contributed by atoms with Gasteiger partial charge < -0.3 is 15.7 Å². The number of nitrogens with zero attached hydrogens (tertiary/aromatic N) is 2. The lowest BCUT2D eigenvalue weighted by molar-refractivity contribution is -0.137. The molecule has 1 saturated carbocycles. The molecule has 1 aliphatic rings. The Balaban J connectivity index is 1.38. The van der Waals surface area contributed by atoms with E-state index in [1.807, 2.05) is 31.2 Å². The van der Waals surface area contributed by atoms with Gasteiger partial charge in [-0.1, -0.05) is 35.9 Å². The number of rotatable bonds is 6. The van der Waals surface area contributed by atoms with E-state index in [4.69, 9.17) is 0 Å². The number of carbonyl (C=O) groups excluding carboxylic acids is 2. The van der Waals surface area contributed by atoms with E-state index < -0.39 is 23.7 Å². The number of alkyl halides is 3. The Kier molecular flexibility index (Phi) is 6.86. The largest absolute Gasteiger partial charge is 0.507 e. The maximum Gasteiger partial charge on any atom is 0.416 e. The van der Waals surface area contributed by atoms with E-state index in [9.17, 15) is 27.9 Å². The highest BCUT2D eigenvalue weighted by molar-refractivity contribution is 6.04. The van der Waals surface area contributed by atoms with Crippen molar-refractivity contribution in [2.45, 2.75) is 38.4 Å². The smallest absolute Gasteiger partial charge is 0.416 e. The summed E-state index contributed by atoms with van der Waals surface area (Å²) < 4.78 is 40.5. The van der Waals surface area contributed by atoms with Gasteiger partial charge >= 0.3 is 12.2 Å². The molecule has 3 N–H and O–H groups in total. The number of carbonyl (C=O) groups is 2. The van der Waals surface area contributed by atoms with Crippen LogP contribution in [0.4, 0.5) is 23.7 Å². The van der Waals surface area contributed by atoms with Crippen LogP contribution in [0.1, 0.15) is 51.5 Å². The Morgan fingerprint density at radius 2 is 1.79 bits per heavy atom. The number of hydrogen-bond acceptors (Lipinski definition) is 4. The lowest BCUT2D eigenvalue weighted by Crippen LogP contribution is -2.30. The number of hydrogen-bond donors (Lipinski definition) is 3. The van der Waals surface area contributed by atoms with E-state index in [-0.39, 0.29) is 28.5 Å². The lowest BCUT2D eigenvalue weighted by atomic mass is 10.1. The average molecular weight is 535 g/mol. The first-order valence-electron chi connectivity index (χ1n) is 12.3. The summed E-state index contributed by atoms with van der Waals surface area (Å²) in [6.07, 6.45) is -2.75. The van der Waals surface area contributed by atoms with Crippen LogP contribution in [-0.2, 0) is 12.7 Å². The predicted octanol–water partition coefficient (Wildman–Crippen LogP) is 6.47. The molecule has 0 spiro atoms. The maximum atomic E-state index is 13.0. The Morgan fingerprint density at radius 3 is 2.51 bits per heavy atom. The van der Waals surface area contributed by atoms with Gasteiger partial charge in [0.05, 0.1) is 17.0 Å². The maximum absolute atomic E-state index is 13.0. The van der Waals surface area contributed by atoms with Gasteiger partial charge in [-0.15, -0.1) is 0 Å². The summed E-state index contributed by atoms with van der Waals surface area (Å²) in [5, 5.41) is 20.4. The van der Waals surface area contributed by atoms with E-state index in [2.05, 4.69) is 15.7 Å². The third kappa shape index (κ3) is 5.95. The number of phenolic OH excluding ortho intramolecular Hbond substituents is 1. The molecule has 0 aliphatic heterocycles. The number of amides is 2. The van der Waals surface area contributed by atoms with Crippen LogP contribution in [0.15, 0.2) is 72.8 Å². The van der Waals surface area contributed by atoms with Crippen molar-refractivity contribution in [3.8, 4) is 17.0 Å². The van der Waals surface area contributed by atoms with Gasteiger partial charge in [0, 0.05) is 29.3 Å². The van der Waals surface area contributed by atoms with Gasteiger partial charge in [0.25, 0.3) is 5.91 Å². The summed E-state index contributed by atoms with van der Waals surface area (Å²) in [6, 6.07) is 17.5. The highest BCUT2D eigenvalue weighted by Gasteiger charge is 2.32. The summed E-state index contributed by atoms with van der Waals surface area (Å²) >= 11 is 0. The van der Waals surface area contributed by atoms with E-state index in [0.717, 1.165) is 42.2 Å². The fourth-order valence-corrected chi connectivity index (χ4v) is 4.29. The van der Waals surface area contributed by atoms with Crippen molar-refractivity contribution in [2.24, 2.45) is 0 Å². The Hall–Kier alpha value is -4.60. The molecule has 10 heteroatoms. The molecule has 0 atom stereocenters. The lowest BCUT2D eigenvalue weighted by Gasteiger charge is -2.10. The van der Waals surface area contributed by atoms with Crippen LogP contribution in [-0.4, -0.2) is 26.8 Å². The Bertz CT molecular complexity index is 1560. The van der Waals surface area contributed by atoms with Gasteiger partial charge in [-0.05, 0) is 67.8 Å². The number of benzene rings is 3. The first-order chi connectivity index (χ1) is 18.6. The number of halogens is 3. The van der Waals surface area contributed by atoms with Crippen molar-refractivity contribution in [2.75, 3.05) is 5.32 Å². The van der Waals surface area contributed by atoms with Crippen LogP contribution in [0.5, 0.6) is 5.75 Å². The summed E-state index contributed by atoms with van der Waals surface area (Å²) in [4.78, 5) is 25.7. The van der Waals surface area contributed by atoms with Crippen LogP contribution in [0.25, 0.3) is 11.3 Å². The minimum atomic E-state index is -4.58. The SMILES string of the molecule is Cc1cccc(CNC(=O)n2nc(-c3cc(NC(=O)c4cccc(C(F)(F)F)c4)ccc3O)cc2C2CC2)c1. The molecule has 1 heterocycles. The normalized spacial score (nSPS) is 13.2. The number of anilines is 1. The van der Waals surface area contributed by atoms with Gasteiger partial charge in [0.1, 0.15) is 5.75 Å². The summed E-state index contributed by atoms with van der Waals surface area (Å²) in [7, 11) is 0. The second-order valence-corrected chi connectivity index (χ2v) is 9.55. The van der Waals surface area contributed by atoms with Crippen LogP contribution in [0, 0.1) is 6.92 Å². The third-order valence-electron chi connectivity index (χ3n) is 6.43. The summed E-state index contributed by atoms with van der Waals surface area (Å²) in [5.74, 6) is -0.696. The van der Waals surface area contributed by atoms with Gasteiger partial charge in [-0.25, -0.2) is 4.79 Å². The standard InChI is InChI=1S/C29H25F3N4O3/c1-17-4-2-5-18(12-17)16-33-28(39)36-25(19-8-9-19)15-24(35-36)23-14-22(10-11-26(23)37)34-27(38)20-6-3-7-21(13-20)29(30,31)32/h2-7,10-15,19,37H,8-9,16H2,1H3,(H,33,39)(H,34,38). The molecule has 39 heavy (non-hydrogen) atoms. The zero-order chi connectivity index (χ0) is 27.7. The highest BCUT2D eigenvalue weighted by Crippen LogP contribution is 2.42. The number of aryl methyl sites for hydroxylation is 1. The topological polar surface area (TPSA) is 96.3 Å². The van der Waals surface area contributed by atoms with E-state index in [1.165, 1.54) is 28.9 Å². The number of phenols is 1. The molecule has 7 nitrogen and oxygen atoms in total. The molecular weight excluding hydrogens is 509 g/mol. The van der Waals surface area contributed by atoms with Crippen LogP contribution in [0.3, 0.4) is 0 Å². The molecule has 1 aliphatic carbocycles. The fourth-order valence-electron chi connectivity index (χ4n) is 4.29. The molecule has 200 valence electrons. The molecule has 2 amide bonds. The van der Waals surface area contributed by atoms with Crippen LogP contribution in [0.2, 0.25) is 0 Å². The zero-order valence-corrected chi connectivity index (χ0v) is 20.9. The van der Waals surface area contributed by atoms with E-state index >= 15 is 0 Å². The van der Waals surface area contributed by atoms with Crippen molar-refractivity contribution in [1.82, 2.24) is 15.1 Å². The minimum Gasteiger partial charge on any atom is -0.507 e. The molecule has 0 unspecified atom stereocenters. The molecule has 0 saturated heterocycles. The second-order valence-electron chi connectivity index (χ2n) is 9.55. The summed E-state index contributed by atoms with van der Waals surface area (Å²) in [5.41, 5.74) is 2.49. The molecule has 0 bridgehead atoms. The van der Waals surface area contributed by atoms with E-state index in [1.54, 1.807) is 6.07 Å². The quantitative estimate of drug-likeness (QED) is 0.247. The highest BCUT2D eigenvalue weighted by atomic mass is 19.4. The van der Waals surface area contributed by atoms with E-state index in [0.29, 0.717) is 17.9 Å². The monoisotopic (exact) mass is 534 g/mol. The molecular formula is C29H25F3N4O3. The molecule has 1 aromatic heterocycles. The molecule has 3 aromatic carbocycles. The molecule has 1 fully saturated rings. The third-order valence-corrected chi connectivity index (χ3v) is 6.43. The first kappa shape index (κ1) is 26.0. The van der Waals surface area contributed by atoms with Crippen molar-refractivity contribution in [1.29, 1.82) is 0 Å². The molecule has 4 aromatic rings. The average Bonchev–Trinajstić information content (AvgIpc) is 3.66. The number of aromatic nitrogens is 2. The van der Waals surface area contributed by atoms with Gasteiger partial charge in [0.15, 0.2) is 0 Å². The Labute approximate surface area is 222 Å². The molecule has 0 radical (unpaired) electrons. The number of aromatic hydroxyl groups is 1. The summed E-state index contributed by atoms with van der Waals surface area (Å²) in [6.45, 7) is 2.29. The number of nitrogens with one attached hydrogen (secondary N) is 2. The zero-order valence-electron chi connectivity index (χ0n) is 20.9. The van der Waals surface area contributed by atoms with Crippen molar-refractivity contribution >= 4 is 17.6 Å². The van der Waals surface area contributed by atoms with Gasteiger partial charge in [-0.3, -0.25) is 4.79 Å². The van der Waals surface area contributed by atoms with Gasteiger partial charge in [-0.2, -0.15) is 23.0 Å².